The molecular formula is C12H10Cl2N2O. The van der Waals surface area contributed by atoms with E-state index in [1.54, 1.807) is 30.3 Å². The molecule has 0 saturated carbocycles. The normalized spacial score (nSPS) is 10.5. The fourth-order valence-electron chi connectivity index (χ4n) is 1.57. The van der Waals surface area contributed by atoms with Gasteiger partial charge >= 0.3 is 0 Å². The van der Waals surface area contributed by atoms with Crippen molar-refractivity contribution < 1.29 is 5.11 Å². The molecular weight excluding hydrogens is 259 g/mol. The summed E-state index contributed by atoms with van der Waals surface area (Å²) >= 11 is 12.2. The molecule has 2 aromatic rings. The molecule has 3 N–H and O–H groups in total. The monoisotopic (exact) mass is 268 g/mol. The number of aromatic nitrogens is 1. The molecule has 0 aliphatic carbocycles. The molecule has 1 aromatic carbocycles. The maximum absolute atomic E-state index is 8.96. The van der Waals surface area contributed by atoms with Crippen LogP contribution in [0.2, 0.25) is 10.0 Å². The molecule has 0 atom stereocenters. The zero-order chi connectivity index (χ0) is 12.4. The van der Waals surface area contributed by atoms with Gasteiger partial charge in [0.1, 0.15) is 5.82 Å². The molecule has 0 amide bonds. The highest BCUT2D eigenvalue weighted by Gasteiger charge is 2.12. The van der Waals surface area contributed by atoms with Gasteiger partial charge in [-0.25, -0.2) is 4.98 Å². The molecule has 0 bridgehead atoms. The van der Waals surface area contributed by atoms with Crippen LogP contribution in [-0.4, -0.2) is 10.1 Å². The van der Waals surface area contributed by atoms with Gasteiger partial charge < -0.3 is 10.8 Å². The average molecular weight is 269 g/mol. The van der Waals surface area contributed by atoms with Crippen LogP contribution in [0.25, 0.3) is 11.1 Å². The lowest BCUT2D eigenvalue weighted by Crippen LogP contribution is -1.99. The molecule has 1 aromatic heterocycles. The van der Waals surface area contributed by atoms with Crippen molar-refractivity contribution in [1.82, 2.24) is 4.98 Å². The number of anilines is 1. The SMILES string of the molecule is Nc1nc(CO)ccc1-c1c(Cl)cccc1Cl. The van der Waals surface area contributed by atoms with E-state index in [4.69, 9.17) is 34.0 Å². The summed E-state index contributed by atoms with van der Waals surface area (Å²) in [7, 11) is 0. The molecule has 2 rings (SSSR count). The summed E-state index contributed by atoms with van der Waals surface area (Å²) in [5, 5.41) is 10.00. The van der Waals surface area contributed by atoms with Crippen molar-refractivity contribution >= 4 is 29.0 Å². The molecule has 5 heteroatoms. The number of rotatable bonds is 2. The van der Waals surface area contributed by atoms with Gasteiger partial charge in [0.15, 0.2) is 0 Å². The predicted octanol–water partition coefficient (Wildman–Crippen LogP) is 3.13. The Hall–Kier alpha value is -1.29. The summed E-state index contributed by atoms with van der Waals surface area (Å²) < 4.78 is 0. The summed E-state index contributed by atoms with van der Waals surface area (Å²) in [6.45, 7) is -0.152. The number of halogens is 2. The molecule has 0 aliphatic heterocycles. The zero-order valence-electron chi connectivity index (χ0n) is 8.82. The second-order valence-corrected chi connectivity index (χ2v) is 4.30. The van der Waals surface area contributed by atoms with E-state index >= 15 is 0 Å². The molecule has 0 unspecified atom stereocenters. The topological polar surface area (TPSA) is 59.1 Å². The third-order valence-electron chi connectivity index (χ3n) is 2.38. The third-order valence-corrected chi connectivity index (χ3v) is 3.01. The first-order valence-corrected chi connectivity index (χ1v) is 5.69. The molecule has 0 aliphatic rings. The van der Waals surface area contributed by atoms with E-state index < -0.39 is 0 Å². The van der Waals surface area contributed by atoms with Gasteiger partial charge in [-0.15, -0.1) is 0 Å². The molecule has 88 valence electrons. The van der Waals surface area contributed by atoms with E-state index in [0.717, 1.165) is 0 Å². The van der Waals surface area contributed by atoms with Crippen molar-refractivity contribution in [2.45, 2.75) is 6.61 Å². The summed E-state index contributed by atoms with van der Waals surface area (Å²) in [4.78, 5) is 4.06. The van der Waals surface area contributed by atoms with Crippen LogP contribution in [0, 0.1) is 0 Å². The second kappa shape index (κ2) is 4.92. The van der Waals surface area contributed by atoms with Crippen LogP contribution in [0.15, 0.2) is 30.3 Å². The zero-order valence-corrected chi connectivity index (χ0v) is 10.3. The van der Waals surface area contributed by atoms with E-state index in [0.29, 0.717) is 32.7 Å². The Kier molecular flexibility index (Phi) is 3.52. The van der Waals surface area contributed by atoms with Crippen molar-refractivity contribution in [2.24, 2.45) is 0 Å². The minimum Gasteiger partial charge on any atom is -0.390 e. The number of hydrogen-bond acceptors (Lipinski definition) is 3. The second-order valence-electron chi connectivity index (χ2n) is 3.49. The molecule has 0 spiro atoms. The fraction of sp³-hybridized carbons (Fsp3) is 0.0833. The van der Waals surface area contributed by atoms with Gasteiger partial charge in [-0.05, 0) is 24.3 Å². The number of aliphatic hydroxyl groups is 1. The summed E-state index contributed by atoms with van der Waals surface area (Å²) in [6, 6.07) is 8.68. The van der Waals surface area contributed by atoms with Gasteiger partial charge in [-0.1, -0.05) is 29.3 Å². The lowest BCUT2D eigenvalue weighted by molar-refractivity contribution is 0.277. The standard InChI is InChI=1S/C12H10Cl2N2O/c13-9-2-1-3-10(14)11(9)8-5-4-7(6-17)16-12(8)15/h1-5,17H,6H2,(H2,15,16). The number of nitrogens with zero attached hydrogens (tertiary/aromatic N) is 1. The quantitative estimate of drug-likeness (QED) is 0.880. The molecule has 0 radical (unpaired) electrons. The number of hydrogen-bond donors (Lipinski definition) is 2. The number of aliphatic hydroxyl groups excluding tert-OH is 1. The first-order chi connectivity index (χ1) is 8.13. The van der Waals surface area contributed by atoms with Crippen molar-refractivity contribution in [1.29, 1.82) is 0 Å². The highest BCUT2D eigenvalue weighted by molar-refractivity contribution is 6.39. The molecule has 0 fully saturated rings. The van der Waals surface area contributed by atoms with E-state index in [1.807, 2.05) is 0 Å². The first-order valence-electron chi connectivity index (χ1n) is 4.94. The number of nitrogen functional groups attached to an aromatic ring is 1. The lowest BCUT2D eigenvalue weighted by atomic mass is 10.1. The molecule has 3 nitrogen and oxygen atoms in total. The third kappa shape index (κ3) is 2.36. The van der Waals surface area contributed by atoms with Crippen molar-refractivity contribution in [2.75, 3.05) is 5.73 Å². The van der Waals surface area contributed by atoms with Crippen molar-refractivity contribution in [3.8, 4) is 11.1 Å². The summed E-state index contributed by atoms with van der Waals surface area (Å²) in [5.41, 5.74) is 7.66. The van der Waals surface area contributed by atoms with Crippen LogP contribution in [-0.2, 0) is 6.61 Å². The van der Waals surface area contributed by atoms with E-state index in [9.17, 15) is 0 Å². The Morgan fingerprint density at radius 2 is 1.76 bits per heavy atom. The highest BCUT2D eigenvalue weighted by atomic mass is 35.5. The fourth-order valence-corrected chi connectivity index (χ4v) is 2.17. The van der Waals surface area contributed by atoms with Crippen molar-refractivity contribution in [3.05, 3.63) is 46.1 Å². The maximum Gasteiger partial charge on any atom is 0.131 e. The number of nitrogens with two attached hydrogens (primary N) is 1. The average Bonchev–Trinajstić information content (AvgIpc) is 2.30. The minimum absolute atomic E-state index is 0.152. The Balaban J connectivity index is 2.61. The summed E-state index contributed by atoms with van der Waals surface area (Å²) in [5.74, 6) is 0.298. The predicted molar refractivity (Wildman–Crippen MR) is 70.0 cm³/mol. The lowest BCUT2D eigenvalue weighted by Gasteiger charge is -2.10. The Labute approximate surface area is 109 Å². The first kappa shape index (κ1) is 12.2. The summed E-state index contributed by atoms with van der Waals surface area (Å²) in [6.07, 6.45) is 0. The molecule has 1 heterocycles. The van der Waals surface area contributed by atoms with Gasteiger partial charge in [-0.3, -0.25) is 0 Å². The Morgan fingerprint density at radius 1 is 1.12 bits per heavy atom. The maximum atomic E-state index is 8.96. The van der Waals surface area contributed by atoms with E-state index in [-0.39, 0.29) is 6.61 Å². The Bertz CT molecular complexity index is 538. The van der Waals surface area contributed by atoms with E-state index in [1.165, 1.54) is 0 Å². The van der Waals surface area contributed by atoms with Gasteiger partial charge in [0.2, 0.25) is 0 Å². The van der Waals surface area contributed by atoms with Crippen LogP contribution in [0.1, 0.15) is 5.69 Å². The highest BCUT2D eigenvalue weighted by Crippen LogP contribution is 2.36. The minimum atomic E-state index is -0.152. The number of pyridine rings is 1. The largest absolute Gasteiger partial charge is 0.390 e. The van der Waals surface area contributed by atoms with Gasteiger partial charge in [0.25, 0.3) is 0 Å². The van der Waals surface area contributed by atoms with Crippen LogP contribution < -0.4 is 5.73 Å². The van der Waals surface area contributed by atoms with Gasteiger partial charge in [0, 0.05) is 11.1 Å². The van der Waals surface area contributed by atoms with Crippen LogP contribution in [0.4, 0.5) is 5.82 Å². The smallest absolute Gasteiger partial charge is 0.131 e. The van der Waals surface area contributed by atoms with Crippen molar-refractivity contribution in [3.63, 3.8) is 0 Å². The Morgan fingerprint density at radius 3 is 2.29 bits per heavy atom. The van der Waals surface area contributed by atoms with Gasteiger partial charge in [0.05, 0.1) is 22.3 Å². The van der Waals surface area contributed by atoms with Crippen LogP contribution in [0.5, 0.6) is 0 Å². The van der Waals surface area contributed by atoms with Gasteiger partial charge in [-0.2, -0.15) is 0 Å². The molecule has 17 heavy (non-hydrogen) atoms. The number of benzene rings is 1. The van der Waals surface area contributed by atoms with Crippen LogP contribution in [0.3, 0.4) is 0 Å². The van der Waals surface area contributed by atoms with E-state index in [2.05, 4.69) is 4.98 Å². The molecule has 0 saturated heterocycles. The van der Waals surface area contributed by atoms with Crippen LogP contribution >= 0.6 is 23.2 Å².